The van der Waals surface area contributed by atoms with Gasteiger partial charge in [0.25, 0.3) is 0 Å². The van der Waals surface area contributed by atoms with E-state index in [-0.39, 0.29) is 0 Å². The van der Waals surface area contributed by atoms with Crippen LogP contribution >= 0.6 is 15.9 Å². The van der Waals surface area contributed by atoms with Crippen molar-refractivity contribution >= 4 is 32.3 Å². The van der Waals surface area contributed by atoms with Crippen molar-refractivity contribution in [3.8, 4) is 0 Å². The molecular weight excluding hydrogens is 236 g/mol. The Kier molecular flexibility index (Phi) is 2.42. The molecule has 0 fully saturated rings. The standard InChI is InChI=1S/C13H11Br/c1-9(2)12-5-3-4-10-6-7-11(14)8-13(10)12/h3-8H,1H2,2H3. The van der Waals surface area contributed by atoms with E-state index in [4.69, 9.17) is 0 Å². The van der Waals surface area contributed by atoms with Gasteiger partial charge in [0.05, 0.1) is 0 Å². The van der Waals surface area contributed by atoms with Crippen LogP contribution in [0.2, 0.25) is 0 Å². The summed E-state index contributed by atoms with van der Waals surface area (Å²) in [5.41, 5.74) is 2.33. The molecule has 1 heteroatoms. The summed E-state index contributed by atoms with van der Waals surface area (Å²) < 4.78 is 1.11. The van der Waals surface area contributed by atoms with E-state index >= 15 is 0 Å². The van der Waals surface area contributed by atoms with Gasteiger partial charge in [0.15, 0.2) is 0 Å². The number of fused-ring (bicyclic) bond motifs is 1. The van der Waals surface area contributed by atoms with Gasteiger partial charge in [0.1, 0.15) is 0 Å². The SMILES string of the molecule is C=C(C)c1cccc2ccc(Br)cc12. The van der Waals surface area contributed by atoms with Crippen molar-refractivity contribution in [3.05, 3.63) is 53.0 Å². The predicted molar refractivity (Wildman–Crippen MR) is 66.4 cm³/mol. The molecule has 0 N–H and O–H groups in total. The van der Waals surface area contributed by atoms with Crippen LogP contribution in [0.1, 0.15) is 12.5 Å². The molecule has 0 unspecified atom stereocenters. The zero-order valence-corrected chi connectivity index (χ0v) is 9.64. The van der Waals surface area contributed by atoms with Crippen molar-refractivity contribution in [2.45, 2.75) is 6.92 Å². The highest BCUT2D eigenvalue weighted by molar-refractivity contribution is 9.10. The van der Waals surface area contributed by atoms with Crippen LogP contribution in [0.4, 0.5) is 0 Å². The van der Waals surface area contributed by atoms with E-state index in [1.807, 2.05) is 6.92 Å². The molecule has 0 amide bonds. The van der Waals surface area contributed by atoms with Gasteiger partial charge in [-0.05, 0) is 35.4 Å². The molecule has 0 radical (unpaired) electrons. The summed E-state index contributed by atoms with van der Waals surface area (Å²) in [6.07, 6.45) is 0. The molecular formula is C13H11Br. The zero-order valence-electron chi connectivity index (χ0n) is 8.05. The van der Waals surface area contributed by atoms with Gasteiger partial charge in [0.2, 0.25) is 0 Å². The summed E-state index contributed by atoms with van der Waals surface area (Å²) in [7, 11) is 0. The van der Waals surface area contributed by atoms with Gasteiger partial charge in [-0.3, -0.25) is 0 Å². The normalized spacial score (nSPS) is 10.4. The van der Waals surface area contributed by atoms with Gasteiger partial charge in [-0.2, -0.15) is 0 Å². The van der Waals surface area contributed by atoms with Crippen LogP contribution in [0.3, 0.4) is 0 Å². The van der Waals surface area contributed by atoms with Crippen molar-refractivity contribution < 1.29 is 0 Å². The minimum Gasteiger partial charge on any atom is -0.0955 e. The van der Waals surface area contributed by atoms with E-state index < -0.39 is 0 Å². The van der Waals surface area contributed by atoms with E-state index in [1.165, 1.54) is 16.3 Å². The largest absolute Gasteiger partial charge is 0.0955 e. The van der Waals surface area contributed by atoms with Crippen molar-refractivity contribution in [1.29, 1.82) is 0 Å². The number of hydrogen-bond donors (Lipinski definition) is 0. The smallest absolute Gasteiger partial charge is 0.0181 e. The Balaban J connectivity index is 2.84. The number of benzene rings is 2. The molecule has 0 spiro atoms. The lowest BCUT2D eigenvalue weighted by atomic mass is 10.0. The van der Waals surface area contributed by atoms with Crippen LogP contribution in [0, 0.1) is 0 Å². The Morgan fingerprint density at radius 2 is 2.00 bits per heavy atom. The van der Waals surface area contributed by atoms with E-state index in [1.54, 1.807) is 0 Å². The summed E-state index contributed by atoms with van der Waals surface area (Å²) in [6, 6.07) is 12.6. The van der Waals surface area contributed by atoms with Crippen molar-refractivity contribution in [3.63, 3.8) is 0 Å². The second kappa shape index (κ2) is 3.58. The lowest BCUT2D eigenvalue weighted by molar-refractivity contribution is 1.62. The fourth-order valence-corrected chi connectivity index (χ4v) is 1.98. The number of rotatable bonds is 1. The second-order valence-electron chi connectivity index (χ2n) is 3.45. The molecule has 0 saturated carbocycles. The minimum absolute atomic E-state index is 1.11. The monoisotopic (exact) mass is 246 g/mol. The first-order chi connectivity index (χ1) is 6.68. The highest BCUT2D eigenvalue weighted by atomic mass is 79.9. The summed E-state index contributed by atoms with van der Waals surface area (Å²) in [5.74, 6) is 0. The van der Waals surface area contributed by atoms with E-state index in [0.29, 0.717) is 0 Å². The van der Waals surface area contributed by atoms with Crippen LogP contribution in [0.25, 0.3) is 16.3 Å². The third kappa shape index (κ3) is 1.60. The molecule has 0 atom stereocenters. The Bertz CT molecular complexity index is 498. The lowest BCUT2D eigenvalue weighted by Crippen LogP contribution is -1.81. The molecule has 0 bridgehead atoms. The molecule has 0 nitrogen and oxygen atoms in total. The minimum atomic E-state index is 1.11. The Morgan fingerprint density at radius 3 is 2.71 bits per heavy atom. The van der Waals surface area contributed by atoms with Gasteiger partial charge in [-0.1, -0.05) is 52.3 Å². The molecule has 0 aliphatic heterocycles. The first-order valence-electron chi connectivity index (χ1n) is 4.52. The molecule has 14 heavy (non-hydrogen) atoms. The van der Waals surface area contributed by atoms with Crippen molar-refractivity contribution in [1.82, 2.24) is 0 Å². The summed E-state index contributed by atoms with van der Waals surface area (Å²) >= 11 is 3.49. The molecule has 2 aromatic rings. The first kappa shape index (κ1) is 9.47. The topological polar surface area (TPSA) is 0 Å². The maximum Gasteiger partial charge on any atom is 0.0181 e. The summed E-state index contributed by atoms with van der Waals surface area (Å²) in [4.78, 5) is 0. The molecule has 70 valence electrons. The average molecular weight is 247 g/mol. The number of allylic oxidation sites excluding steroid dienone is 1. The van der Waals surface area contributed by atoms with Crippen LogP contribution in [-0.4, -0.2) is 0 Å². The number of halogens is 1. The number of hydrogen-bond acceptors (Lipinski definition) is 0. The second-order valence-corrected chi connectivity index (χ2v) is 4.37. The highest BCUT2D eigenvalue weighted by Crippen LogP contribution is 2.26. The molecule has 0 aliphatic carbocycles. The first-order valence-corrected chi connectivity index (χ1v) is 5.32. The molecule has 0 heterocycles. The maximum absolute atomic E-state index is 3.99. The van der Waals surface area contributed by atoms with Gasteiger partial charge in [0, 0.05) is 4.47 Å². The summed E-state index contributed by atoms with van der Waals surface area (Å²) in [6.45, 7) is 6.03. The third-order valence-electron chi connectivity index (χ3n) is 2.30. The Morgan fingerprint density at radius 1 is 1.21 bits per heavy atom. The van der Waals surface area contributed by atoms with E-state index in [2.05, 4.69) is 58.9 Å². The highest BCUT2D eigenvalue weighted by Gasteiger charge is 2.01. The van der Waals surface area contributed by atoms with Crippen molar-refractivity contribution in [2.75, 3.05) is 0 Å². The van der Waals surface area contributed by atoms with Crippen LogP contribution in [-0.2, 0) is 0 Å². The fraction of sp³-hybridized carbons (Fsp3) is 0.0769. The van der Waals surface area contributed by atoms with Gasteiger partial charge in [-0.25, -0.2) is 0 Å². The van der Waals surface area contributed by atoms with Gasteiger partial charge >= 0.3 is 0 Å². The van der Waals surface area contributed by atoms with E-state index in [9.17, 15) is 0 Å². The quantitative estimate of drug-likeness (QED) is 0.688. The fourth-order valence-electron chi connectivity index (χ4n) is 1.62. The Labute approximate surface area is 92.4 Å². The average Bonchev–Trinajstić information content (AvgIpc) is 2.16. The zero-order chi connectivity index (χ0) is 10.1. The molecule has 2 rings (SSSR count). The molecule has 0 saturated heterocycles. The third-order valence-corrected chi connectivity index (χ3v) is 2.80. The lowest BCUT2D eigenvalue weighted by Gasteiger charge is -2.05. The molecule has 2 aromatic carbocycles. The van der Waals surface area contributed by atoms with E-state index in [0.717, 1.165) is 10.0 Å². The maximum atomic E-state index is 3.99. The van der Waals surface area contributed by atoms with Gasteiger partial charge in [-0.15, -0.1) is 0 Å². The van der Waals surface area contributed by atoms with Crippen LogP contribution in [0.5, 0.6) is 0 Å². The molecule has 0 aliphatic rings. The Hall–Kier alpha value is -1.08. The van der Waals surface area contributed by atoms with Gasteiger partial charge < -0.3 is 0 Å². The predicted octanol–water partition coefficient (Wildman–Crippen LogP) is 4.64. The molecule has 0 aromatic heterocycles. The van der Waals surface area contributed by atoms with Crippen LogP contribution in [0.15, 0.2) is 47.4 Å². The summed E-state index contributed by atoms with van der Waals surface area (Å²) in [5, 5.41) is 2.52. The van der Waals surface area contributed by atoms with Crippen molar-refractivity contribution in [2.24, 2.45) is 0 Å². The van der Waals surface area contributed by atoms with Crippen LogP contribution < -0.4 is 0 Å².